The van der Waals surface area contributed by atoms with Crippen molar-refractivity contribution in [2.45, 2.75) is 59.7 Å². The molecule has 0 radical (unpaired) electrons. The fourth-order valence-electron chi connectivity index (χ4n) is 3.26. The predicted molar refractivity (Wildman–Crippen MR) is 115 cm³/mol. The highest BCUT2D eigenvalue weighted by Gasteiger charge is 2.31. The Morgan fingerprint density at radius 2 is 1.47 bits per heavy atom. The van der Waals surface area contributed by atoms with Crippen LogP contribution in [0.15, 0.2) is 48.5 Å². The van der Waals surface area contributed by atoms with Gasteiger partial charge in [-0.1, -0.05) is 36.4 Å². The van der Waals surface area contributed by atoms with E-state index in [9.17, 15) is 14.4 Å². The molecule has 0 bridgehead atoms. The number of Topliss-reactive ketones (excluding diaryl/α,β-unsaturated/α-hetero) is 1. The fraction of sp³-hybridized carbons (Fsp3) is 0.375. The van der Waals surface area contributed by atoms with Crippen LogP contribution in [0.4, 0.5) is 0 Å². The molecule has 0 saturated carbocycles. The van der Waals surface area contributed by atoms with E-state index in [1.165, 1.54) is 13.8 Å². The van der Waals surface area contributed by atoms with Gasteiger partial charge >= 0.3 is 11.9 Å². The topological polar surface area (TPSA) is 72.9 Å². The Labute approximate surface area is 177 Å². The maximum absolute atomic E-state index is 13.0. The maximum Gasteiger partial charge on any atom is 0.308 e. The first-order valence-electron chi connectivity index (χ1n) is 9.85. The zero-order valence-corrected chi connectivity index (χ0v) is 18.4. The molecule has 0 heterocycles. The lowest BCUT2D eigenvalue weighted by atomic mass is 9.96. The molecule has 30 heavy (non-hydrogen) atoms. The first kappa shape index (κ1) is 23.3. The number of ketones is 1. The molecule has 0 fully saturated rings. The Hall–Kier alpha value is -2.99. The number of benzene rings is 2. The quantitative estimate of drug-likeness (QED) is 0.382. The van der Waals surface area contributed by atoms with Gasteiger partial charge in [-0.15, -0.1) is 0 Å². The molecular weight excluding hydrogens is 382 g/mol. The minimum absolute atomic E-state index is 0.0299. The summed E-state index contributed by atoms with van der Waals surface area (Å²) in [4.78, 5) is 37.9. The van der Waals surface area contributed by atoms with Crippen molar-refractivity contribution in [3.8, 4) is 11.5 Å². The second kappa shape index (κ2) is 9.67. The number of hydrogen-bond donors (Lipinski definition) is 0. The molecule has 0 spiro atoms. The number of nitrogens with zero attached hydrogens (tertiary/aromatic N) is 1. The summed E-state index contributed by atoms with van der Waals surface area (Å²) in [5, 5.41) is 0. The highest BCUT2D eigenvalue weighted by atomic mass is 16.6. The van der Waals surface area contributed by atoms with Crippen LogP contribution in [-0.2, 0) is 16.1 Å². The second-order valence-corrected chi connectivity index (χ2v) is 8.17. The normalized spacial score (nSPS) is 12.4. The van der Waals surface area contributed by atoms with Gasteiger partial charge in [0.1, 0.15) is 0 Å². The number of esters is 2. The van der Waals surface area contributed by atoms with Crippen molar-refractivity contribution in [3.63, 3.8) is 0 Å². The lowest BCUT2D eigenvalue weighted by Crippen LogP contribution is -2.49. The van der Waals surface area contributed by atoms with Gasteiger partial charge in [-0.25, -0.2) is 0 Å². The summed E-state index contributed by atoms with van der Waals surface area (Å²) >= 11 is 0. The molecule has 0 aliphatic carbocycles. The van der Waals surface area contributed by atoms with Gasteiger partial charge in [-0.3, -0.25) is 19.3 Å². The monoisotopic (exact) mass is 411 g/mol. The van der Waals surface area contributed by atoms with Crippen molar-refractivity contribution in [1.29, 1.82) is 0 Å². The summed E-state index contributed by atoms with van der Waals surface area (Å²) in [6, 6.07) is 13.9. The van der Waals surface area contributed by atoms with Crippen molar-refractivity contribution < 1.29 is 23.9 Å². The highest BCUT2D eigenvalue weighted by molar-refractivity contribution is 5.99. The Kier molecular flexibility index (Phi) is 7.51. The Balaban J connectivity index is 2.35. The van der Waals surface area contributed by atoms with E-state index in [4.69, 9.17) is 9.47 Å². The van der Waals surface area contributed by atoms with Crippen LogP contribution in [0.25, 0.3) is 0 Å². The van der Waals surface area contributed by atoms with Crippen LogP contribution in [0.5, 0.6) is 11.5 Å². The van der Waals surface area contributed by atoms with E-state index in [0.29, 0.717) is 12.1 Å². The summed E-state index contributed by atoms with van der Waals surface area (Å²) in [6.07, 6.45) is 0. The van der Waals surface area contributed by atoms with E-state index in [1.54, 1.807) is 18.2 Å². The van der Waals surface area contributed by atoms with Gasteiger partial charge in [0.15, 0.2) is 17.3 Å². The lowest BCUT2D eigenvalue weighted by molar-refractivity contribution is -0.134. The standard InChI is InChI=1S/C24H29NO5/c1-16(23(28)20-10-8-7-9-11-20)25(24(4,5)6)15-19-12-13-21(29-17(2)26)22(14-19)30-18(3)27/h7-14,16H,15H2,1-6H3. The molecule has 1 atom stereocenters. The number of ether oxygens (including phenoxy) is 2. The third-order valence-electron chi connectivity index (χ3n) is 4.64. The molecule has 0 aliphatic rings. The number of rotatable bonds is 7. The van der Waals surface area contributed by atoms with Crippen LogP contribution in [0.1, 0.15) is 57.5 Å². The van der Waals surface area contributed by atoms with Gasteiger partial charge in [0.2, 0.25) is 0 Å². The molecule has 6 nitrogen and oxygen atoms in total. The van der Waals surface area contributed by atoms with Gasteiger partial charge in [-0.2, -0.15) is 0 Å². The molecule has 2 aromatic rings. The molecule has 2 aromatic carbocycles. The Morgan fingerprint density at radius 3 is 2.00 bits per heavy atom. The van der Waals surface area contributed by atoms with Crippen molar-refractivity contribution in [1.82, 2.24) is 4.90 Å². The molecule has 160 valence electrons. The van der Waals surface area contributed by atoms with E-state index >= 15 is 0 Å². The van der Waals surface area contributed by atoms with E-state index in [-0.39, 0.29) is 28.9 Å². The summed E-state index contributed by atoms with van der Waals surface area (Å²) < 4.78 is 10.4. The van der Waals surface area contributed by atoms with Crippen LogP contribution < -0.4 is 9.47 Å². The van der Waals surface area contributed by atoms with Crippen LogP contribution in [-0.4, -0.2) is 34.2 Å². The van der Waals surface area contributed by atoms with E-state index in [1.807, 2.05) is 58.0 Å². The van der Waals surface area contributed by atoms with Gasteiger partial charge < -0.3 is 9.47 Å². The van der Waals surface area contributed by atoms with Crippen LogP contribution >= 0.6 is 0 Å². The van der Waals surface area contributed by atoms with Crippen LogP contribution in [0.3, 0.4) is 0 Å². The highest BCUT2D eigenvalue weighted by Crippen LogP contribution is 2.31. The second-order valence-electron chi connectivity index (χ2n) is 8.17. The van der Waals surface area contributed by atoms with Crippen molar-refractivity contribution in [3.05, 3.63) is 59.7 Å². The Bertz CT molecular complexity index is 915. The van der Waals surface area contributed by atoms with E-state index in [0.717, 1.165) is 5.56 Å². The average Bonchev–Trinajstić information content (AvgIpc) is 2.66. The largest absolute Gasteiger partial charge is 0.423 e. The van der Waals surface area contributed by atoms with Gasteiger partial charge in [0.05, 0.1) is 6.04 Å². The van der Waals surface area contributed by atoms with Gasteiger partial charge in [-0.05, 0) is 45.4 Å². The minimum Gasteiger partial charge on any atom is -0.423 e. The SMILES string of the molecule is CC(=O)Oc1ccc(CN(C(C)C(=O)c2ccccc2)C(C)(C)C)cc1OC(C)=O. The third-order valence-corrected chi connectivity index (χ3v) is 4.64. The Morgan fingerprint density at radius 1 is 0.900 bits per heavy atom. The van der Waals surface area contributed by atoms with E-state index < -0.39 is 11.9 Å². The molecule has 6 heteroatoms. The summed E-state index contributed by atoms with van der Waals surface area (Å²) in [7, 11) is 0. The number of carbonyl (C=O) groups excluding carboxylic acids is 3. The molecule has 0 saturated heterocycles. The molecule has 0 aliphatic heterocycles. The first-order valence-corrected chi connectivity index (χ1v) is 9.85. The van der Waals surface area contributed by atoms with Gasteiger partial charge in [0, 0.05) is 31.5 Å². The zero-order valence-electron chi connectivity index (χ0n) is 18.4. The van der Waals surface area contributed by atoms with Gasteiger partial charge in [0.25, 0.3) is 0 Å². The van der Waals surface area contributed by atoms with Crippen LogP contribution in [0, 0.1) is 0 Å². The van der Waals surface area contributed by atoms with Crippen molar-refractivity contribution >= 4 is 17.7 Å². The molecule has 1 unspecified atom stereocenters. The first-order chi connectivity index (χ1) is 14.0. The average molecular weight is 411 g/mol. The summed E-state index contributed by atoms with van der Waals surface area (Å²) in [5.74, 6) is -0.638. The fourth-order valence-corrected chi connectivity index (χ4v) is 3.26. The molecule has 0 aromatic heterocycles. The van der Waals surface area contributed by atoms with Crippen molar-refractivity contribution in [2.75, 3.05) is 0 Å². The lowest BCUT2D eigenvalue weighted by Gasteiger charge is -2.39. The molecule has 0 amide bonds. The minimum atomic E-state index is -0.513. The third kappa shape index (κ3) is 6.26. The van der Waals surface area contributed by atoms with Crippen LogP contribution in [0.2, 0.25) is 0 Å². The summed E-state index contributed by atoms with van der Waals surface area (Å²) in [5.41, 5.74) is 1.18. The molecule has 0 N–H and O–H groups in total. The maximum atomic E-state index is 13.0. The predicted octanol–water partition coefficient (Wildman–Crippen LogP) is 4.41. The molecule has 2 rings (SSSR count). The number of hydrogen-bond acceptors (Lipinski definition) is 6. The smallest absolute Gasteiger partial charge is 0.308 e. The van der Waals surface area contributed by atoms with Crippen molar-refractivity contribution in [2.24, 2.45) is 0 Å². The van der Waals surface area contributed by atoms with E-state index in [2.05, 4.69) is 4.90 Å². The number of carbonyl (C=O) groups is 3. The molecular formula is C24H29NO5. The summed E-state index contributed by atoms with van der Waals surface area (Å²) in [6.45, 7) is 11.0. The zero-order chi connectivity index (χ0) is 22.5.